The van der Waals surface area contributed by atoms with Gasteiger partial charge < -0.3 is 18.0 Å². The first-order valence-corrected chi connectivity index (χ1v) is 13.3. The second-order valence-electron chi connectivity index (χ2n) is 7.95. The molecule has 2 unspecified atom stereocenters. The Morgan fingerprint density at radius 2 is 1.43 bits per heavy atom. The number of hydrogen-bond donors (Lipinski definition) is 0. The lowest BCUT2D eigenvalue weighted by molar-refractivity contribution is -0.139. The first kappa shape index (κ1) is 23.6. The number of carbonyl (C=O) groups is 1. The highest BCUT2D eigenvalue weighted by Crippen LogP contribution is 2.56. The molecule has 0 amide bonds. The van der Waals surface area contributed by atoms with Crippen LogP contribution in [0.3, 0.4) is 0 Å². The lowest BCUT2D eigenvalue weighted by atomic mass is 10.0. The monoisotopic (exact) mass is 412 g/mol. The summed E-state index contributed by atoms with van der Waals surface area (Å²) in [5, 5.41) is 0. The van der Waals surface area contributed by atoms with Crippen LogP contribution in [0, 0.1) is 17.8 Å². The van der Waals surface area contributed by atoms with Gasteiger partial charge in [-0.05, 0) is 64.2 Å². The largest absolute Gasteiger partial charge is 0.500 e. The lowest BCUT2D eigenvalue weighted by Crippen LogP contribution is -2.45. The molecule has 28 heavy (non-hydrogen) atoms. The SMILES string of the molecule is C=C(C(=O)OCCCC[Si](OCC)(OCC)OCC)C1C2CCCCCCC21. The van der Waals surface area contributed by atoms with Crippen molar-refractivity contribution >= 4 is 14.8 Å². The predicted octanol–water partition coefficient (Wildman–Crippen LogP) is 5.13. The predicted molar refractivity (Wildman–Crippen MR) is 113 cm³/mol. The van der Waals surface area contributed by atoms with E-state index in [1.807, 2.05) is 20.8 Å². The zero-order valence-electron chi connectivity index (χ0n) is 18.2. The highest BCUT2D eigenvalue weighted by Gasteiger charge is 2.52. The molecule has 0 bridgehead atoms. The van der Waals surface area contributed by atoms with Crippen LogP contribution < -0.4 is 0 Å². The minimum Gasteiger partial charge on any atom is -0.462 e. The molecule has 0 saturated heterocycles. The molecule has 5 nitrogen and oxygen atoms in total. The highest BCUT2D eigenvalue weighted by atomic mass is 28.4. The molecule has 0 heterocycles. The van der Waals surface area contributed by atoms with Crippen molar-refractivity contribution in [1.82, 2.24) is 0 Å². The van der Waals surface area contributed by atoms with Gasteiger partial charge in [-0.2, -0.15) is 0 Å². The van der Waals surface area contributed by atoms with Crippen LogP contribution in [0.4, 0.5) is 0 Å². The topological polar surface area (TPSA) is 54.0 Å². The van der Waals surface area contributed by atoms with Crippen LogP contribution in [0.2, 0.25) is 6.04 Å². The number of carbonyl (C=O) groups excluding carboxylic acids is 1. The van der Waals surface area contributed by atoms with Gasteiger partial charge in [-0.3, -0.25) is 0 Å². The smallest absolute Gasteiger partial charge is 0.462 e. The summed E-state index contributed by atoms with van der Waals surface area (Å²) in [7, 11) is -2.59. The van der Waals surface area contributed by atoms with E-state index in [4.69, 9.17) is 18.0 Å². The fraction of sp³-hybridized carbons (Fsp3) is 0.864. The first-order valence-electron chi connectivity index (χ1n) is 11.4. The summed E-state index contributed by atoms with van der Waals surface area (Å²) in [6.45, 7) is 12.2. The van der Waals surface area contributed by atoms with Crippen molar-refractivity contribution in [3.63, 3.8) is 0 Å². The van der Waals surface area contributed by atoms with Gasteiger partial charge in [0.15, 0.2) is 0 Å². The van der Waals surface area contributed by atoms with Gasteiger partial charge in [-0.15, -0.1) is 0 Å². The summed E-state index contributed by atoms with van der Waals surface area (Å²) in [6, 6.07) is 0.758. The Morgan fingerprint density at radius 1 is 0.893 bits per heavy atom. The molecule has 2 rings (SSSR count). The van der Waals surface area contributed by atoms with E-state index in [-0.39, 0.29) is 5.97 Å². The Labute approximate surface area is 172 Å². The van der Waals surface area contributed by atoms with E-state index < -0.39 is 8.80 Å². The molecular formula is C22H40O5Si. The molecule has 2 saturated carbocycles. The van der Waals surface area contributed by atoms with Gasteiger partial charge in [0.25, 0.3) is 0 Å². The average molecular weight is 413 g/mol. The third-order valence-electron chi connectivity index (χ3n) is 6.02. The zero-order chi connectivity index (χ0) is 20.4. The van der Waals surface area contributed by atoms with Crippen LogP contribution in [0.5, 0.6) is 0 Å². The maximum Gasteiger partial charge on any atom is 0.500 e. The Hall–Kier alpha value is -0.693. The number of esters is 1. The van der Waals surface area contributed by atoms with Crippen molar-refractivity contribution in [1.29, 1.82) is 0 Å². The van der Waals surface area contributed by atoms with Gasteiger partial charge in [0.05, 0.1) is 6.61 Å². The van der Waals surface area contributed by atoms with Crippen molar-refractivity contribution in [2.75, 3.05) is 26.4 Å². The second-order valence-corrected chi connectivity index (χ2v) is 10.7. The van der Waals surface area contributed by atoms with E-state index in [0.29, 0.717) is 49.8 Å². The van der Waals surface area contributed by atoms with Crippen LogP contribution in [-0.2, 0) is 22.8 Å². The van der Waals surface area contributed by atoms with Gasteiger partial charge in [0.1, 0.15) is 0 Å². The van der Waals surface area contributed by atoms with E-state index in [2.05, 4.69) is 6.58 Å². The van der Waals surface area contributed by atoms with Gasteiger partial charge in [-0.1, -0.05) is 32.3 Å². The van der Waals surface area contributed by atoms with Crippen molar-refractivity contribution in [3.8, 4) is 0 Å². The van der Waals surface area contributed by atoms with E-state index in [9.17, 15) is 4.79 Å². The van der Waals surface area contributed by atoms with E-state index in [1.165, 1.54) is 38.5 Å². The number of unbranched alkanes of at least 4 members (excludes halogenated alkanes) is 1. The maximum atomic E-state index is 12.4. The molecule has 0 aromatic carbocycles. The molecule has 0 aliphatic heterocycles. The summed E-state index contributed by atoms with van der Waals surface area (Å²) < 4.78 is 23.1. The Kier molecular flexibility index (Phi) is 10.2. The summed E-state index contributed by atoms with van der Waals surface area (Å²) >= 11 is 0. The third-order valence-corrected chi connectivity index (χ3v) is 9.18. The first-order chi connectivity index (χ1) is 13.6. The highest BCUT2D eigenvalue weighted by molar-refractivity contribution is 6.60. The van der Waals surface area contributed by atoms with E-state index >= 15 is 0 Å². The summed E-state index contributed by atoms with van der Waals surface area (Å²) in [5.41, 5.74) is 0.707. The van der Waals surface area contributed by atoms with Crippen molar-refractivity contribution in [3.05, 3.63) is 12.2 Å². The number of fused-ring (bicyclic) bond motifs is 1. The van der Waals surface area contributed by atoms with Gasteiger partial charge in [-0.25, -0.2) is 4.79 Å². The fourth-order valence-corrected chi connectivity index (χ4v) is 7.39. The fourth-order valence-electron chi connectivity index (χ4n) is 4.70. The normalized spacial score (nSPS) is 24.8. The third kappa shape index (κ3) is 6.68. The number of ether oxygens (including phenoxy) is 1. The molecule has 6 heteroatoms. The number of rotatable bonds is 13. The molecule has 0 spiro atoms. The van der Waals surface area contributed by atoms with Gasteiger partial charge in [0, 0.05) is 31.4 Å². The van der Waals surface area contributed by atoms with Crippen LogP contribution in [-0.4, -0.2) is 41.2 Å². The Morgan fingerprint density at radius 3 is 1.93 bits per heavy atom. The summed E-state index contributed by atoms with van der Waals surface area (Å²) in [4.78, 5) is 12.4. The molecule has 2 aliphatic carbocycles. The number of hydrogen-bond acceptors (Lipinski definition) is 5. The molecule has 2 aliphatic rings. The van der Waals surface area contributed by atoms with E-state index in [0.717, 1.165) is 18.9 Å². The minimum atomic E-state index is -2.59. The standard InChI is InChI=1S/C22H40O5Si/c1-5-25-28(26-6-2,27-7-3)17-13-12-16-24-22(23)18(4)21-19-14-10-8-9-11-15-20(19)21/h19-21H,4-17H2,1-3H3. The quantitative estimate of drug-likeness (QED) is 0.182. The van der Waals surface area contributed by atoms with E-state index in [1.54, 1.807) is 0 Å². The minimum absolute atomic E-state index is 0.195. The lowest BCUT2D eigenvalue weighted by Gasteiger charge is -2.28. The second kappa shape index (κ2) is 12.1. The molecule has 0 N–H and O–H groups in total. The Bertz CT molecular complexity index is 464. The van der Waals surface area contributed by atoms with Gasteiger partial charge >= 0.3 is 14.8 Å². The van der Waals surface area contributed by atoms with Crippen molar-refractivity contribution < 1.29 is 22.8 Å². The van der Waals surface area contributed by atoms with Crippen molar-refractivity contribution in [2.45, 2.75) is 78.2 Å². The van der Waals surface area contributed by atoms with Crippen LogP contribution in [0.15, 0.2) is 12.2 Å². The molecule has 2 fully saturated rings. The summed E-state index contributed by atoms with van der Waals surface area (Å²) in [6.07, 6.45) is 9.42. The Balaban J connectivity index is 1.69. The van der Waals surface area contributed by atoms with Crippen LogP contribution >= 0.6 is 0 Å². The van der Waals surface area contributed by atoms with Crippen LogP contribution in [0.25, 0.3) is 0 Å². The molecule has 162 valence electrons. The molecule has 0 radical (unpaired) electrons. The molecular weight excluding hydrogens is 372 g/mol. The van der Waals surface area contributed by atoms with Crippen LogP contribution in [0.1, 0.15) is 72.1 Å². The molecule has 0 aromatic rings. The maximum absolute atomic E-state index is 12.4. The van der Waals surface area contributed by atoms with Crippen molar-refractivity contribution in [2.24, 2.45) is 17.8 Å². The summed E-state index contributed by atoms with van der Waals surface area (Å²) in [5.74, 6) is 1.53. The zero-order valence-corrected chi connectivity index (χ0v) is 19.2. The average Bonchev–Trinajstić information content (AvgIpc) is 3.32. The molecule has 2 atom stereocenters. The molecule has 0 aromatic heterocycles. The van der Waals surface area contributed by atoms with Gasteiger partial charge in [0.2, 0.25) is 0 Å².